The molecular weight excluding hydrogens is 230 g/mol. The van der Waals surface area contributed by atoms with Gasteiger partial charge in [-0.3, -0.25) is 9.80 Å². The quantitative estimate of drug-likeness (QED) is 0.756. The molecule has 2 rings (SSSR count). The molecule has 2 aromatic rings. The van der Waals surface area contributed by atoms with Crippen LogP contribution in [0.4, 0.5) is 0 Å². The maximum absolute atomic E-state index is 11.3. The average Bonchev–Trinajstić information content (AvgIpc) is 2.77. The van der Waals surface area contributed by atoms with Gasteiger partial charge in [0.2, 0.25) is 0 Å². The van der Waals surface area contributed by atoms with Gasteiger partial charge in [-0.2, -0.15) is 9.89 Å². The van der Waals surface area contributed by atoms with Crippen molar-refractivity contribution in [3.63, 3.8) is 0 Å². The Hall–Kier alpha value is -2.04. The van der Waals surface area contributed by atoms with Crippen molar-refractivity contribution in [2.24, 2.45) is 0 Å². The molecule has 0 amide bonds. The van der Waals surface area contributed by atoms with Crippen LogP contribution in [0.3, 0.4) is 0 Å². The Morgan fingerprint density at radius 1 is 1.39 bits per heavy atom. The number of carbonyl (C=O) groups excluding carboxylic acids is 1. The zero-order chi connectivity index (χ0) is 13.1. The SMILES string of the molecule is CCN(CC)n1nc2ccc(OC)cc2c1C=O. The van der Waals surface area contributed by atoms with Gasteiger partial charge in [-0.05, 0) is 32.0 Å². The third kappa shape index (κ3) is 1.92. The van der Waals surface area contributed by atoms with Gasteiger partial charge in [-0.15, -0.1) is 0 Å². The van der Waals surface area contributed by atoms with Crippen LogP contribution in [0, 0.1) is 0 Å². The first-order valence-electron chi connectivity index (χ1n) is 6.02. The van der Waals surface area contributed by atoms with Crippen LogP contribution in [-0.4, -0.2) is 36.4 Å². The van der Waals surface area contributed by atoms with Crippen molar-refractivity contribution >= 4 is 17.2 Å². The Bertz CT molecular complexity index is 559. The lowest BCUT2D eigenvalue weighted by Gasteiger charge is -2.21. The molecule has 1 aromatic heterocycles. The van der Waals surface area contributed by atoms with Crippen LogP contribution < -0.4 is 9.75 Å². The summed E-state index contributed by atoms with van der Waals surface area (Å²) in [5, 5.41) is 7.27. The number of benzene rings is 1. The molecule has 18 heavy (non-hydrogen) atoms. The first-order chi connectivity index (χ1) is 8.74. The Morgan fingerprint density at radius 3 is 2.67 bits per heavy atom. The van der Waals surface area contributed by atoms with Gasteiger partial charge in [0, 0.05) is 18.5 Å². The fourth-order valence-corrected chi connectivity index (χ4v) is 2.02. The van der Waals surface area contributed by atoms with Crippen molar-refractivity contribution in [3.8, 4) is 5.75 Å². The summed E-state index contributed by atoms with van der Waals surface area (Å²) >= 11 is 0. The Morgan fingerprint density at radius 2 is 2.11 bits per heavy atom. The Labute approximate surface area is 106 Å². The molecule has 0 bridgehead atoms. The molecule has 0 fully saturated rings. The van der Waals surface area contributed by atoms with Gasteiger partial charge in [0.15, 0.2) is 6.29 Å². The van der Waals surface area contributed by atoms with Gasteiger partial charge >= 0.3 is 0 Å². The molecule has 1 heterocycles. The van der Waals surface area contributed by atoms with Crippen molar-refractivity contribution in [1.29, 1.82) is 0 Å². The van der Waals surface area contributed by atoms with Crippen LogP contribution in [0.5, 0.6) is 5.75 Å². The number of ether oxygens (including phenoxy) is 1. The standard InChI is InChI=1S/C13H17N3O2/c1-4-15(5-2)16-13(9-17)11-8-10(18-3)6-7-12(11)14-16/h6-9H,4-5H2,1-3H3. The van der Waals surface area contributed by atoms with Crippen molar-refractivity contribution in [3.05, 3.63) is 23.9 Å². The highest BCUT2D eigenvalue weighted by atomic mass is 16.5. The number of rotatable bonds is 5. The van der Waals surface area contributed by atoms with E-state index >= 15 is 0 Å². The second-order valence-corrected chi connectivity index (χ2v) is 3.91. The normalized spacial score (nSPS) is 10.6. The van der Waals surface area contributed by atoms with Crippen LogP contribution in [0.2, 0.25) is 0 Å². The number of fused-ring (bicyclic) bond motifs is 1. The van der Waals surface area contributed by atoms with E-state index in [0.29, 0.717) is 5.69 Å². The molecule has 0 unspecified atom stereocenters. The largest absolute Gasteiger partial charge is 0.497 e. The van der Waals surface area contributed by atoms with E-state index in [1.54, 1.807) is 11.9 Å². The molecule has 0 radical (unpaired) electrons. The summed E-state index contributed by atoms with van der Waals surface area (Å²) in [6.07, 6.45) is 0.840. The number of aromatic nitrogens is 2. The smallest absolute Gasteiger partial charge is 0.170 e. The number of methoxy groups -OCH3 is 1. The highest BCUT2D eigenvalue weighted by Gasteiger charge is 2.14. The lowest BCUT2D eigenvalue weighted by Crippen LogP contribution is -2.36. The minimum atomic E-state index is 0.563. The summed E-state index contributed by atoms with van der Waals surface area (Å²) in [4.78, 5) is 13.0. The van der Waals surface area contributed by atoms with Gasteiger partial charge in [0.1, 0.15) is 11.4 Å². The van der Waals surface area contributed by atoms with Gasteiger partial charge in [0.05, 0.1) is 12.6 Å². The Kier molecular flexibility index (Phi) is 3.50. The molecule has 0 saturated carbocycles. The lowest BCUT2D eigenvalue weighted by molar-refractivity contribution is 0.111. The van der Waals surface area contributed by atoms with E-state index in [1.165, 1.54) is 0 Å². The summed E-state index contributed by atoms with van der Waals surface area (Å²) < 4.78 is 5.18. The number of carbonyl (C=O) groups is 1. The summed E-state index contributed by atoms with van der Waals surface area (Å²) in [7, 11) is 1.61. The summed E-state index contributed by atoms with van der Waals surface area (Å²) in [5.41, 5.74) is 1.36. The number of nitrogens with zero attached hydrogens (tertiary/aromatic N) is 3. The third-order valence-electron chi connectivity index (χ3n) is 3.01. The van der Waals surface area contributed by atoms with E-state index in [0.717, 1.165) is 36.0 Å². The van der Waals surface area contributed by atoms with E-state index in [2.05, 4.69) is 5.10 Å². The van der Waals surface area contributed by atoms with Crippen molar-refractivity contribution in [1.82, 2.24) is 9.89 Å². The van der Waals surface area contributed by atoms with Crippen LogP contribution in [-0.2, 0) is 0 Å². The first-order valence-corrected chi connectivity index (χ1v) is 6.02. The van der Waals surface area contributed by atoms with Crippen molar-refractivity contribution < 1.29 is 9.53 Å². The van der Waals surface area contributed by atoms with Gasteiger partial charge in [-0.1, -0.05) is 0 Å². The van der Waals surface area contributed by atoms with Crippen LogP contribution in [0.25, 0.3) is 10.9 Å². The minimum absolute atomic E-state index is 0.563. The van der Waals surface area contributed by atoms with Crippen molar-refractivity contribution in [2.75, 3.05) is 25.2 Å². The topological polar surface area (TPSA) is 47.4 Å². The zero-order valence-corrected chi connectivity index (χ0v) is 10.9. The molecule has 0 N–H and O–H groups in total. The molecule has 0 aliphatic rings. The molecule has 0 atom stereocenters. The number of hydrogen-bond acceptors (Lipinski definition) is 4. The molecule has 0 aliphatic carbocycles. The maximum atomic E-state index is 11.3. The monoisotopic (exact) mass is 247 g/mol. The van der Waals surface area contributed by atoms with Gasteiger partial charge in [-0.25, -0.2) is 0 Å². The summed E-state index contributed by atoms with van der Waals surface area (Å²) in [6, 6.07) is 5.55. The fourth-order valence-electron chi connectivity index (χ4n) is 2.02. The highest BCUT2D eigenvalue weighted by Crippen LogP contribution is 2.22. The van der Waals surface area contributed by atoms with Crippen LogP contribution in [0.15, 0.2) is 18.2 Å². The first kappa shape index (κ1) is 12.4. The van der Waals surface area contributed by atoms with E-state index in [9.17, 15) is 4.79 Å². The molecule has 0 aliphatic heterocycles. The second kappa shape index (κ2) is 5.08. The molecular formula is C13H17N3O2. The number of aldehydes is 1. The highest BCUT2D eigenvalue weighted by molar-refractivity contribution is 5.96. The van der Waals surface area contributed by atoms with Crippen LogP contribution in [0.1, 0.15) is 24.3 Å². The minimum Gasteiger partial charge on any atom is -0.497 e. The molecule has 5 heteroatoms. The van der Waals surface area contributed by atoms with Gasteiger partial charge < -0.3 is 4.74 Å². The van der Waals surface area contributed by atoms with E-state index in [1.807, 2.05) is 37.1 Å². The second-order valence-electron chi connectivity index (χ2n) is 3.91. The molecule has 96 valence electrons. The summed E-state index contributed by atoms with van der Waals surface area (Å²) in [6.45, 7) is 5.65. The number of hydrogen-bond donors (Lipinski definition) is 0. The predicted octanol–water partition coefficient (Wildman–Crippen LogP) is 1.84. The molecule has 1 aromatic carbocycles. The average molecular weight is 247 g/mol. The molecule has 0 spiro atoms. The predicted molar refractivity (Wildman–Crippen MR) is 71.0 cm³/mol. The van der Waals surface area contributed by atoms with E-state index in [-0.39, 0.29) is 0 Å². The lowest BCUT2D eigenvalue weighted by atomic mass is 10.2. The Balaban J connectivity index is 2.64. The zero-order valence-electron chi connectivity index (χ0n) is 10.9. The molecule has 0 saturated heterocycles. The molecule has 5 nitrogen and oxygen atoms in total. The van der Waals surface area contributed by atoms with Crippen molar-refractivity contribution in [2.45, 2.75) is 13.8 Å². The fraction of sp³-hybridized carbons (Fsp3) is 0.385. The van der Waals surface area contributed by atoms with E-state index in [4.69, 9.17) is 4.74 Å². The van der Waals surface area contributed by atoms with E-state index < -0.39 is 0 Å². The third-order valence-corrected chi connectivity index (χ3v) is 3.01. The maximum Gasteiger partial charge on any atom is 0.170 e. The van der Waals surface area contributed by atoms with Crippen LogP contribution >= 0.6 is 0 Å². The summed E-state index contributed by atoms with van der Waals surface area (Å²) in [5.74, 6) is 0.727. The van der Waals surface area contributed by atoms with Gasteiger partial charge in [0.25, 0.3) is 0 Å².